The number of rotatable bonds is 3. The molecule has 0 heterocycles. The molecule has 52 valence electrons. The zero-order chi connectivity index (χ0) is 7.28. The first-order valence-corrected chi connectivity index (χ1v) is 3.26. The van der Waals surface area contributed by atoms with Gasteiger partial charge in [-0.2, -0.15) is 0 Å². The van der Waals surface area contributed by atoms with Gasteiger partial charge in [-0.15, -0.1) is 0 Å². The first-order valence-electron chi connectivity index (χ1n) is 3.26. The van der Waals surface area contributed by atoms with Gasteiger partial charge in [0, 0.05) is 6.04 Å². The van der Waals surface area contributed by atoms with E-state index in [-0.39, 0.29) is 6.04 Å². The van der Waals surface area contributed by atoms with Crippen LogP contribution in [0.25, 0.3) is 0 Å². The van der Waals surface area contributed by atoms with Gasteiger partial charge in [0.15, 0.2) is 0 Å². The van der Waals surface area contributed by atoms with Gasteiger partial charge in [-0.3, -0.25) is 4.79 Å². The molecule has 0 aromatic heterocycles. The highest BCUT2D eigenvalue weighted by Gasteiger charge is 2.02. The Balaban J connectivity index is 3.43. The first-order chi connectivity index (χ1) is 4.20. The van der Waals surface area contributed by atoms with E-state index in [0.29, 0.717) is 0 Å². The summed E-state index contributed by atoms with van der Waals surface area (Å²) < 4.78 is 0. The highest BCUT2D eigenvalue weighted by molar-refractivity contribution is 5.80. The van der Waals surface area contributed by atoms with E-state index in [1.54, 1.807) is 0 Å². The van der Waals surface area contributed by atoms with Gasteiger partial charge in [0.05, 0.1) is 6.92 Å². The predicted molar refractivity (Wildman–Crippen MR) is 36.8 cm³/mol. The van der Waals surface area contributed by atoms with Crippen LogP contribution in [0.2, 0.25) is 0 Å². The lowest BCUT2D eigenvalue weighted by atomic mass is 10.2. The fourth-order valence-electron chi connectivity index (χ4n) is 0.694. The van der Waals surface area contributed by atoms with Crippen molar-refractivity contribution in [2.45, 2.75) is 32.7 Å². The van der Waals surface area contributed by atoms with Gasteiger partial charge in [-0.25, -0.2) is 0 Å². The fraction of sp³-hybridized carbons (Fsp3) is 0.714. The molecule has 0 aliphatic heterocycles. The van der Waals surface area contributed by atoms with Crippen molar-refractivity contribution in [1.82, 2.24) is 5.32 Å². The van der Waals surface area contributed by atoms with E-state index in [9.17, 15) is 4.79 Å². The molecule has 0 aliphatic carbocycles. The maximum Gasteiger partial charge on any atom is 0.224 e. The summed E-state index contributed by atoms with van der Waals surface area (Å²) in [5.41, 5.74) is 0. The normalized spacial score (nSPS) is 9.78. The number of carbonyl (C=O) groups excluding carboxylic acids is 1. The average molecular weight is 127 g/mol. The average Bonchev–Trinajstić information content (AvgIpc) is 1.82. The van der Waals surface area contributed by atoms with E-state index < -0.39 is 5.91 Å². The van der Waals surface area contributed by atoms with Crippen LogP contribution >= 0.6 is 0 Å². The van der Waals surface area contributed by atoms with Gasteiger partial charge in [0.2, 0.25) is 5.91 Å². The first kappa shape index (κ1) is 8.47. The third-order valence-electron chi connectivity index (χ3n) is 1.33. The van der Waals surface area contributed by atoms with E-state index >= 15 is 0 Å². The smallest absolute Gasteiger partial charge is 0.224 e. The van der Waals surface area contributed by atoms with Crippen molar-refractivity contribution in [2.24, 2.45) is 0 Å². The molecule has 1 N–H and O–H groups in total. The Morgan fingerprint density at radius 2 is 2.00 bits per heavy atom. The largest absolute Gasteiger partial charge is 0.353 e. The molecule has 0 aromatic rings. The summed E-state index contributed by atoms with van der Waals surface area (Å²) >= 11 is 0. The van der Waals surface area contributed by atoms with E-state index in [1.165, 1.54) is 0 Å². The zero-order valence-electron chi connectivity index (χ0n) is 5.98. The maximum atomic E-state index is 10.2. The second-order valence-electron chi connectivity index (χ2n) is 2.02. The van der Waals surface area contributed by atoms with Gasteiger partial charge in [-0.1, -0.05) is 13.8 Å². The number of amides is 1. The van der Waals surface area contributed by atoms with Crippen LogP contribution in [0.1, 0.15) is 26.7 Å². The van der Waals surface area contributed by atoms with Crippen LogP contribution in [-0.2, 0) is 4.79 Å². The molecule has 0 bridgehead atoms. The predicted octanol–water partition coefficient (Wildman–Crippen LogP) is 1.00. The topological polar surface area (TPSA) is 29.1 Å². The Labute approximate surface area is 56.6 Å². The Morgan fingerprint density at radius 3 is 2.11 bits per heavy atom. The minimum Gasteiger partial charge on any atom is -0.353 e. The SMILES string of the molecule is [CH]C(=O)NC(CC)CC. The molecule has 0 atom stereocenters. The van der Waals surface area contributed by atoms with Gasteiger partial charge < -0.3 is 5.32 Å². The summed E-state index contributed by atoms with van der Waals surface area (Å²) in [6.07, 6.45) is 1.89. The Kier molecular flexibility index (Phi) is 4.10. The van der Waals surface area contributed by atoms with Crippen LogP contribution in [0.3, 0.4) is 0 Å². The number of carbonyl (C=O) groups is 1. The summed E-state index contributed by atoms with van der Waals surface area (Å²) in [5, 5.41) is 2.62. The van der Waals surface area contributed by atoms with E-state index in [2.05, 4.69) is 5.32 Å². The van der Waals surface area contributed by atoms with Crippen molar-refractivity contribution in [3.63, 3.8) is 0 Å². The van der Waals surface area contributed by atoms with Crippen molar-refractivity contribution in [3.8, 4) is 0 Å². The molecule has 0 saturated heterocycles. The molecule has 2 nitrogen and oxygen atoms in total. The van der Waals surface area contributed by atoms with Crippen molar-refractivity contribution in [2.75, 3.05) is 0 Å². The second kappa shape index (κ2) is 4.36. The van der Waals surface area contributed by atoms with Crippen molar-refractivity contribution >= 4 is 5.91 Å². The van der Waals surface area contributed by atoms with Gasteiger partial charge in [-0.05, 0) is 12.8 Å². The summed E-state index contributed by atoms with van der Waals surface area (Å²) in [6, 6.07) is 0.252. The molecule has 2 heteroatoms. The van der Waals surface area contributed by atoms with Crippen molar-refractivity contribution in [1.29, 1.82) is 0 Å². The third kappa shape index (κ3) is 4.01. The highest BCUT2D eigenvalue weighted by atomic mass is 16.1. The van der Waals surface area contributed by atoms with Crippen LogP contribution in [0.15, 0.2) is 0 Å². The summed E-state index contributed by atoms with van der Waals surface area (Å²) in [6.45, 7) is 8.93. The molecule has 2 radical (unpaired) electrons. The molecule has 0 aliphatic rings. The molecular weight excluding hydrogens is 114 g/mol. The van der Waals surface area contributed by atoms with Gasteiger partial charge >= 0.3 is 0 Å². The molecule has 0 spiro atoms. The number of nitrogens with one attached hydrogen (secondary N) is 1. The summed E-state index contributed by atoms with van der Waals surface area (Å²) in [5.74, 6) is -0.427. The number of hydrogen-bond donors (Lipinski definition) is 1. The zero-order valence-corrected chi connectivity index (χ0v) is 5.98. The molecular formula is C7H13NO. The van der Waals surface area contributed by atoms with Crippen LogP contribution in [0.4, 0.5) is 0 Å². The minimum absolute atomic E-state index is 0.252. The molecule has 0 aromatic carbocycles. The van der Waals surface area contributed by atoms with E-state index in [1.807, 2.05) is 13.8 Å². The molecule has 9 heavy (non-hydrogen) atoms. The summed E-state index contributed by atoms with van der Waals surface area (Å²) in [7, 11) is 0. The lowest BCUT2D eigenvalue weighted by Gasteiger charge is -2.11. The highest BCUT2D eigenvalue weighted by Crippen LogP contribution is 1.94. The second-order valence-corrected chi connectivity index (χ2v) is 2.02. The van der Waals surface area contributed by atoms with E-state index in [0.717, 1.165) is 12.8 Å². The minimum atomic E-state index is -0.427. The molecule has 0 saturated carbocycles. The standard InChI is InChI=1S/C7H13NO/c1-4-7(5-2)8-6(3)9/h3,7H,4-5H2,1-2H3,(H,8,9). The Bertz CT molecular complexity index is 86.9. The summed E-state index contributed by atoms with van der Waals surface area (Å²) in [4.78, 5) is 10.2. The van der Waals surface area contributed by atoms with Crippen LogP contribution in [0.5, 0.6) is 0 Å². The molecule has 1 amide bonds. The Hall–Kier alpha value is -0.530. The van der Waals surface area contributed by atoms with Crippen LogP contribution < -0.4 is 5.32 Å². The van der Waals surface area contributed by atoms with Crippen LogP contribution in [-0.4, -0.2) is 11.9 Å². The quantitative estimate of drug-likeness (QED) is 0.602. The lowest BCUT2D eigenvalue weighted by molar-refractivity contribution is -0.117. The number of hydrogen-bond acceptors (Lipinski definition) is 1. The lowest BCUT2D eigenvalue weighted by Crippen LogP contribution is -2.31. The Morgan fingerprint density at radius 1 is 1.56 bits per heavy atom. The van der Waals surface area contributed by atoms with Crippen molar-refractivity contribution in [3.05, 3.63) is 6.92 Å². The maximum absolute atomic E-state index is 10.2. The molecule has 0 fully saturated rings. The van der Waals surface area contributed by atoms with Gasteiger partial charge in [0.1, 0.15) is 0 Å². The van der Waals surface area contributed by atoms with Crippen LogP contribution in [0, 0.1) is 6.92 Å². The molecule has 0 rings (SSSR count). The van der Waals surface area contributed by atoms with Crippen molar-refractivity contribution < 1.29 is 4.79 Å². The molecule has 0 unspecified atom stereocenters. The van der Waals surface area contributed by atoms with Gasteiger partial charge in [0.25, 0.3) is 0 Å². The fourth-order valence-corrected chi connectivity index (χ4v) is 0.694. The van der Waals surface area contributed by atoms with E-state index in [4.69, 9.17) is 6.92 Å². The monoisotopic (exact) mass is 127 g/mol. The third-order valence-corrected chi connectivity index (χ3v) is 1.33.